The van der Waals surface area contributed by atoms with Crippen molar-refractivity contribution in [2.24, 2.45) is 0 Å². The Morgan fingerprint density at radius 2 is 0.824 bits per heavy atom. The normalized spacial score (nSPS) is 7.24. The molecule has 5 heteroatoms. The molecule has 0 aliphatic carbocycles. The van der Waals surface area contributed by atoms with Crippen LogP contribution in [0.5, 0.6) is 0 Å². The summed E-state index contributed by atoms with van der Waals surface area (Å²) in [5, 5.41) is 0. The van der Waals surface area contributed by atoms with Crippen molar-refractivity contribution in [3.05, 3.63) is 60.7 Å². The Labute approximate surface area is 131 Å². The monoisotopic (exact) mass is 320 g/mol. The van der Waals surface area contributed by atoms with Crippen LogP contribution < -0.4 is 24.8 Å². The molecule has 1 atom stereocenters. The maximum absolute atomic E-state index is 4.56. The number of hydrogen-bond donors (Lipinski definition) is 0. The van der Waals surface area contributed by atoms with E-state index in [-0.39, 0.29) is 34.7 Å². The van der Waals surface area contributed by atoms with Gasteiger partial charge in [-0.2, -0.15) is 9.90 Å². The molecule has 0 amide bonds. The fourth-order valence-corrected chi connectivity index (χ4v) is 1.26. The van der Waals surface area contributed by atoms with Crippen molar-refractivity contribution in [2.45, 2.75) is 0 Å². The molecule has 0 N–H and O–H groups in total. The van der Waals surface area contributed by atoms with Crippen LogP contribution >= 0.6 is 19.9 Å². The molecule has 0 heterocycles. The van der Waals surface area contributed by atoms with Crippen molar-refractivity contribution in [1.29, 1.82) is 0 Å². The molecule has 0 spiro atoms. The molecule has 2 rings (SSSR count). The first-order chi connectivity index (χ1) is 6.97. The quantitative estimate of drug-likeness (QED) is 0.410. The summed E-state index contributed by atoms with van der Waals surface area (Å²) in [7, 11) is 4.56. The van der Waals surface area contributed by atoms with Gasteiger partial charge in [0, 0.05) is 0 Å². The standard InChI is InChI=1S/C12H10.Al.3ClH.H3P/c1-3-7-11(8-4-1)12-9-5-2-6-10-12;;;;;/h1-10H;;3*1H;1H3/q;+3;;;;/p-3. The van der Waals surface area contributed by atoms with Crippen LogP contribution in [0.15, 0.2) is 60.7 Å². The van der Waals surface area contributed by atoms with Gasteiger partial charge in [0.1, 0.15) is 0 Å². The summed E-state index contributed by atoms with van der Waals surface area (Å²) in [4.78, 5) is 0. The van der Waals surface area contributed by atoms with Gasteiger partial charge < -0.3 is 24.8 Å². The molecule has 0 bridgehead atoms. The second kappa shape index (κ2) is 14.3. The van der Waals surface area contributed by atoms with Gasteiger partial charge in [0.25, 0.3) is 0 Å². The molecule has 0 aliphatic rings. The molecule has 0 aliphatic heterocycles. The summed E-state index contributed by atoms with van der Waals surface area (Å²) in [5.74, 6) is 0. The molecular formula is C12H13AlCl3P. The van der Waals surface area contributed by atoms with Gasteiger partial charge in [-0.1, -0.05) is 60.7 Å². The van der Waals surface area contributed by atoms with Gasteiger partial charge in [0.2, 0.25) is 0 Å². The van der Waals surface area contributed by atoms with Crippen molar-refractivity contribution < 1.29 is 24.8 Å². The van der Waals surface area contributed by atoms with Crippen LogP contribution in [0.4, 0.5) is 0 Å². The van der Waals surface area contributed by atoms with E-state index in [1.807, 2.05) is 27.5 Å². The van der Waals surface area contributed by atoms with Crippen molar-refractivity contribution in [3.63, 3.8) is 0 Å². The van der Waals surface area contributed by atoms with Crippen LogP contribution in [0, 0.1) is 0 Å². The maximum atomic E-state index is 4.56. The predicted molar refractivity (Wildman–Crippen MR) is 74.6 cm³/mol. The Kier molecular flexibility index (Phi) is 18.9. The number of rotatable bonds is 1. The SMILES string of the molecule is P.[Al+2][Cl].[Cl-].[Cl-].c1ccc(-c2ccccc2)cc1. The van der Waals surface area contributed by atoms with Gasteiger partial charge in [-0.15, -0.1) is 0 Å². The second-order valence-electron chi connectivity index (χ2n) is 2.73. The second-order valence-corrected chi connectivity index (χ2v) is 2.73. The number of halogens is 3. The molecule has 0 radical (unpaired) electrons. The third kappa shape index (κ3) is 8.07. The molecule has 0 nitrogen and oxygen atoms in total. The van der Waals surface area contributed by atoms with E-state index in [4.69, 9.17) is 0 Å². The largest absolute Gasteiger partial charge is 1.00 e. The zero-order chi connectivity index (χ0) is 10.2. The number of hydrogen-bond acceptors (Lipinski definition) is 0. The van der Waals surface area contributed by atoms with Crippen LogP contribution in [0.2, 0.25) is 0 Å². The van der Waals surface area contributed by atoms with E-state index in [2.05, 4.69) is 58.6 Å². The van der Waals surface area contributed by atoms with Gasteiger partial charge in [-0.3, -0.25) is 0 Å². The van der Waals surface area contributed by atoms with E-state index < -0.39 is 0 Å². The minimum absolute atomic E-state index is 0. The van der Waals surface area contributed by atoms with Crippen LogP contribution in [-0.2, 0) is 0 Å². The average Bonchev–Trinajstić information content (AvgIpc) is 2.34. The summed E-state index contributed by atoms with van der Waals surface area (Å²) in [6, 6.07) is 20.8. The summed E-state index contributed by atoms with van der Waals surface area (Å²) < 4.78 is 0. The van der Waals surface area contributed by atoms with E-state index in [1.54, 1.807) is 0 Å². The maximum Gasteiger partial charge on any atom is -0.0184 e. The predicted octanol–water partition coefficient (Wildman–Crippen LogP) is -2.27. The molecule has 0 fully saturated rings. The van der Waals surface area contributed by atoms with Gasteiger partial charge in [-0.05, 0) is 11.1 Å². The van der Waals surface area contributed by atoms with Crippen molar-refractivity contribution >= 4 is 35.3 Å². The molecule has 2 aromatic carbocycles. The van der Waals surface area contributed by atoms with Crippen LogP contribution in [0.1, 0.15) is 0 Å². The Bertz CT molecular complexity index is 319. The number of benzene rings is 2. The first-order valence-corrected chi connectivity index (χ1v) is 6.04. The summed E-state index contributed by atoms with van der Waals surface area (Å²) >= 11 is 1.89. The van der Waals surface area contributed by atoms with E-state index >= 15 is 0 Å². The minimum Gasteiger partial charge on any atom is -1.00 e. The molecule has 0 saturated carbocycles. The average molecular weight is 322 g/mol. The van der Waals surface area contributed by atoms with Crippen LogP contribution in [0.25, 0.3) is 11.1 Å². The summed E-state index contributed by atoms with van der Waals surface area (Å²) in [6.07, 6.45) is 0. The molecule has 17 heavy (non-hydrogen) atoms. The Morgan fingerprint density at radius 1 is 0.588 bits per heavy atom. The molecule has 0 saturated heterocycles. The molecule has 2 aromatic rings. The van der Waals surface area contributed by atoms with Crippen molar-refractivity contribution in [1.82, 2.24) is 0 Å². The Balaban J connectivity index is -0.000000373. The fourth-order valence-electron chi connectivity index (χ4n) is 1.26. The minimum atomic E-state index is 0. The van der Waals surface area contributed by atoms with E-state index in [9.17, 15) is 0 Å². The molecule has 90 valence electrons. The third-order valence-electron chi connectivity index (χ3n) is 1.88. The smallest absolute Gasteiger partial charge is 0.0184 e. The van der Waals surface area contributed by atoms with E-state index in [0.29, 0.717) is 0 Å². The zero-order valence-corrected chi connectivity index (χ0v) is 14.0. The van der Waals surface area contributed by atoms with Crippen molar-refractivity contribution in [2.75, 3.05) is 0 Å². The van der Waals surface area contributed by atoms with E-state index in [1.165, 1.54) is 11.1 Å². The van der Waals surface area contributed by atoms with E-state index in [0.717, 1.165) is 0 Å². The topological polar surface area (TPSA) is 0 Å². The summed E-state index contributed by atoms with van der Waals surface area (Å²) in [6.45, 7) is 0. The Hall–Kier alpha value is 0.272. The van der Waals surface area contributed by atoms with Gasteiger partial charge in [0.15, 0.2) is 0 Å². The van der Waals surface area contributed by atoms with Gasteiger partial charge in [0.05, 0.1) is 0 Å². The third-order valence-corrected chi connectivity index (χ3v) is 1.88. The molecular weight excluding hydrogens is 308 g/mol. The van der Waals surface area contributed by atoms with Crippen molar-refractivity contribution in [3.8, 4) is 11.1 Å². The first kappa shape index (κ1) is 22.5. The van der Waals surface area contributed by atoms with Crippen LogP contribution in [-0.4, -0.2) is 15.4 Å². The molecule has 0 aromatic heterocycles. The first-order valence-electron chi connectivity index (χ1n) is 4.29. The zero-order valence-electron chi connectivity index (χ0n) is 9.19. The van der Waals surface area contributed by atoms with Gasteiger partial charge in [-0.25, -0.2) is 0 Å². The fraction of sp³-hybridized carbons (Fsp3) is 0. The Morgan fingerprint density at radius 3 is 1.06 bits per heavy atom. The summed E-state index contributed by atoms with van der Waals surface area (Å²) in [5.41, 5.74) is 2.55. The van der Waals surface area contributed by atoms with Gasteiger partial charge >= 0.3 is 25.4 Å². The molecule has 1 unspecified atom stereocenters. The van der Waals surface area contributed by atoms with Crippen LogP contribution in [0.3, 0.4) is 0 Å².